The van der Waals surface area contributed by atoms with E-state index in [0.29, 0.717) is 12.0 Å². The van der Waals surface area contributed by atoms with Crippen molar-refractivity contribution >= 4 is 28.5 Å². The van der Waals surface area contributed by atoms with E-state index in [-0.39, 0.29) is 12.5 Å². The van der Waals surface area contributed by atoms with Gasteiger partial charge in [0.25, 0.3) is 0 Å². The number of nitriles is 1. The molecule has 0 aliphatic carbocycles. The summed E-state index contributed by atoms with van der Waals surface area (Å²) >= 11 is 0. The monoisotopic (exact) mass is 547 g/mol. The number of benzene rings is 1. The molecule has 1 unspecified atom stereocenters. The summed E-state index contributed by atoms with van der Waals surface area (Å²) in [4.78, 5) is 44.2. The van der Waals surface area contributed by atoms with E-state index in [9.17, 15) is 32.8 Å². The SMILES string of the molecule is C[C@H]1CCN(C(=O)[C@@H](NC(=O)C(F)(F)F)[C@@H](C)OC(C)(C)C)[C@@H]1C(=O)NC(C#N)c1cncc2ccccc12. The lowest BCUT2D eigenvalue weighted by atomic mass is 9.99. The molecule has 2 heterocycles. The highest BCUT2D eigenvalue weighted by Gasteiger charge is 2.47. The minimum atomic E-state index is -5.22. The Labute approximate surface area is 224 Å². The fourth-order valence-corrected chi connectivity index (χ4v) is 4.78. The van der Waals surface area contributed by atoms with Crippen molar-refractivity contribution in [2.24, 2.45) is 5.92 Å². The first-order chi connectivity index (χ1) is 18.1. The number of halogens is 3. The van der Waals surface area contributed by atoms with Gasteiger partial charge in [-0.3, -0.25) is 19.4 Å². The van der Waals surface area contributed by atoms with Crippen LogP contribution in [0.15, 0.2) is 36.7 Å². The maximum Gasteiger partial charge on any atom is 0.471 e. The fraction of sp³-hybridized carbons (Fsp3) is 0.519. The average Bonchev–Trinajstić information content (AvgIpc) is 3.24. The Kier molecular flexibility index (Phi) is 8.85. The molecule has 1 aromatic heterocycles. The number of likely N-dealkylation sites (tertiary alicyclic amines) is 1. The summed E-state index contributed by atoms with van der Waals surface area (Å²) in [6.45, 7) is 8.18. The maximum atomic E-state index is 13.6. The number of fused-ring (bicyclic) bond motifs is 1. The van der Waals surface area contributed by atoms with Crippen molar-refractivity contribution in [1.29, 1.82) is 5.26 Å². The highest BCUT2D eigenvalue weighted by Crippen LogP contribution is 2.29. The molecule has 1 saturated heterocycles. The van der Waals surface area contributed by atoms with Crippen molar-refractivity contribution in [3.05, 3.63) is 42.2 Å². The summed E-state index contributed by atoms with van der Waals surface area (Å²) in [5.74, 6) is -4.17. The molecule has 1 aliphatic heterocycles. The summed E-state index contributed by atoms with van der Waals surface area (Å²) in [6.07, 6.45) is -2.86. The molecule has 3 amide bonds. The van der Waals surface area contributed by atoms with Crippen molar-refractivity contribution < 1.29 is 32.3 Å². The second-order valence-corrected chi connectivity index (χ2v) is 10.6. The van der Waals surface area contributed by atoms with Crippen LogP contribution in [0.2, 0.25) is 0 Å². The lowest BCUT2D eigenvalue weighted by Crippen LogP contribution is -2.60. The zero-order valence-corrected chi connectivity index (χ0v) is 22.4. The van der Waals surface area contributed by atoms with Gasteiger partial charge < -0.3 is 20.3 Å². The average molecular weight is 548 g/mol. The molecule has 0 saturated carbocycles. The maximum absolute atomic E-state index is 13.6. The van der Waals surface area contributed by atoms with Crippen LogP contribution < -0.4 is 10.6 Å². The lowest BCUT2D eigenvalue weighted by Gasteiger charge is -2.35. The van der Waals surface area contributed by atoms with E-state index in [1.807, 2.05) is 12.1 Å². The third-order valence-electron chi connectivity index (χ3n) is 6.50. The lowest BCUT2D eigenvalue weighted by molar-refractivity contribution is -0.177. The Morgan fingerprint density at radius 1 is 1.15 bits per heavy atom. The number of amides is 3. The van der Waals surface area contributed by atoms with Gasteiger partial charge in [0.2, 0.25) is 11.8 Å². The third-order valence-corrected chi connectivity index (χ3v) is 6.50. The first kappa shape index (κ1) is 29.8. The van der Waals surface area contributed by atoms with Crippen molar-refractivity contribution in [3.8, 4) is 6.07 Å². The number of nitrogens with zero attached hydrogens (tertiary/aromatic N) is 3. The molecule has 2 N–H and O–H groups in total. The Hall–Kier alpha value is -3.72. The normalized spacial score (nSPS) is 20.1. The van der Waals surface area contributed by atoms with Gasteiger partial charge in [0.15, 0.2) is 0 Å². The smallest absolute Gasteiger partial charge is 0.370 e. The van der Waals surface area contributed by atoms with E-state index >= 15 is 0 Å². The van der Waals surface area contributed by atoms with Crippen molar-refractivity contribution in [1.82, 2.24) is 20.5 Å². The van der Waals surface area contributed by atoms with Crippen LogP contribution in [0.1, 0.15) is 52.6 Å². The number of nitrogens with one attached hydrogen (secondary N) is 2. The standard InChI is InChI=1S/C27H32F3N5O4/c1-15-10-11-35(24(37)21(16(2)39-26(3,4)5)34-25(38)27(28,29)30)22(15)23(36)33-20(12-31)19-14-32-13-17-8-6-7-9-18(17)19/h6-9,13-16,20-22H,10-11H2,1-5H3,(H,33,36)(H,34,38)/t15-,16+,20?,21-,22-/m0/s1. The topological polar surface area (TPSA) is 124 Å². The van der Waals surface area contributed by atoms with E-state index in [1.54, 1.807) is 51.3 Å². The zero-order chi connectivity index (χ0) is 29.1. The summed E-state index contributed by atoms with van der Waals surface area (Å²) in [5, 5.41) is 15.8. The molecule has 210 valence electrons. The number of carbonyl (C=O) groups excluding carboxylic acids is 3. The number of hydrogen-bond acceptors (Lipinski definition) is 6. The van der Waals surface area contributed by atoms with Crippen LogP contribution in [0.5, 0.6) is 0 Å². The quantitative estimate of drug-likeness (QED) is 0.548. The summed E-state index contributed by atoms with van der Waals surface area (Å²) in [7, 11) is 0. The van der Waals surface area contributed by atoms with Crippen LogP contribution in [-0.4, -0.2) is 64.1 Å². The predicted octanol–water partition coefficient (Wildman–Crippen LogP) is 3.40. The minimum absolute atomic E-state index is 0.0752. The Morgan fingerprint density at radius 2 is 1.82 bits per heavy atom. The Morgan fingerprint density at radius 3 is 2.44 bits per heavy atom. The van der Waals surface area contributed by atoms with Crippen LogP contribution in [0.3, 0.4) is 0 Å². The number of pyridine rings is 1. The fourth-order valence-electron chi connectivity index (χ4n) is 4.78. The van der Waals surface area contributed by atoms with Gasteiger partial charge in [0.05, 0.1) is 17.8 Å². The van der Waals surface area contributed by atoms with Crippen molar-refractivity contribution in [2.75, 3.05) is 6.54 Å². The molecule has 1 aliphatic rings. The van der Waals surface area contributed by atoms with Crippen molar-refractivity contribution in [2.45, 2.75) is 77.0 Å². The number of aromatic nitrogens is 1. The van der Waals surface area contributed by atoms with Gasteiger partial charge in [0, 0.05) is 29.9 Å². The largest absolute Gasteiger partial charge is 0.471 e. The second-order valence-electron chi connectivity index (χ2n) is 10.6. The first-order valence-corrected chi connectivity index (χ1v) is 12.5. The van der Waals surface area contributed by atoms with E-state index in [1.165, 1.54) is 13.1 Å². The van der Waals surface area contributed by atoms with Crippen LogP contribution in [0, 0.1) is 17.2 Å². The molecule has 3 rings (SSSR count). The molecule has 0 radical (unpaired) electrons. The molecule has 2 aromatic rings. The van der Waals surface area contributed by atoms with E-state index < -0.39 is 53.7 Å². The molecule has 9 nitrogen and oxygen atoms in total. The first-order valence-electron chi connectivity index (χ1n) is 12.5. The highest BCUT2D eigenvalue weighted by molar-refractivity contribution is 5.94. The van der Waals surface area contributed by atoms with Crippen LogP contribution >= 0.6 is 0 Å². The number of rotatable bonds is 7. The number of alkyl halides is 3. The highest BCUT2D eigenvalue weighted by atomic mass is 19.4. The van der Waals surface area contributed by atoms with Gasteiger partial charge in [-0.1, -0.05) is 31.2 Å². The molecule has 1 aromatic carbocycles. The van der Waals surface area contributed by atoms with E-state index in [0.717, 1.165) is 15.7 Å². The molecular weight excluding hydrogens is 515 g/mol. The van der Waals surface area contributed by atoms with Gasteiger partial charge >= 0.3 is 12.1 Å². The van der Waals surface area contributed by atoms with Crippen LogP contribution in [-0.2, 0) is 19.1 Å². The van der Waals surface area contributed by atoms with Gasteiger partial charge in [0.1, 0.15) is 18.1 Å². The van der Waals surface area contributed by atoms with Crippen molar-refractivity contribution in [3.63, 3.8) is 0 Å². The predicted molar refractivity (Wildman–Crippen MR) is 136 cm³/mol. The number of hydrogen-bond donors (Lipinski definition) is 2. The molecule has 0 bridgehead atoms. The summed E-state index contributed by atoms with van der Waals surface area (Å²) in [5.41, 5.74) is -0.363. The third kappa shape index (κ3) is 7.03. The molecule has 5 atom stereocenters. The van der Waals surface area contributed by atoms with Gasteiger partial charge in [-0.05, 0) is 45.4 Å². The molecule has 12 heteroatoms. The van der Waals surface area contributed by atoms with E-state index in [4.69, 9.17) is 4.74 Å². The minimum Gasteiger partial charge on any atom is -0.370 e. The number of ether oxygens (including phenoxy) is 1. The van der Waals surface area contributed by atoms with Crippen LogP contribution in [0.4, 0.5) is 13.2 Å². The summed E-state index contributed by atoms with van der Waals surface area (Å²) in [6, 6.07) is 5.40. The molecular formula is C27H32F3N5O4. The van der Waals surface area contributed by atoms with Crippen LogP contribution in [0.25, 0.3) is 10.8 Å². The molecule has 39 heavy (non-hydrogen) atoms. The Bertz CT molecular complexity index is 1270. The second kappa shape index (κ2) is 11.6. The Balaban J connectivity index is 1.88. The zero-order valence-electron chi connectivity index (χ0n) is 22.4. The number of carbonyl (C=O) groups is 3. The van der Waals surface area contributed by atoms with Gasteiger partial charge in [-0.25, -0.2) is 0 Å². The van der Waals surface area contributed by atoms with Gasteiger partial charge in [-0.15, -0.1) is 0 Å². The molecule has 0 spiro atoms. The van der Waals surface area contributed by atoms with Gasteiger partial charge in [-0.2, -0.15) is 18.4 Å². The molecule has 1 fully saturated rings. The summed E-state index contributed by atoms with van der Waals surface area (Å²) < 4.78 is 45.0. The van der Waals surface area contributed by atoms with E-state index in [2.05, 4.69) is 16.4 Å².